The summed E-state index contributed by atoms with van der Waals surface area (Å²) in [6.07, 6.45) is 1.56. The van der Waals surface area contributed by atoms with Gasteiger partial charge in [0.15, 0.2) is 0 Å². The highest BCUT2D eigenvalue weighted by Crippen LogP contribution is 2.18. The second-order valence-electron chi connectivity index (χ2n) is 4.20. The fraction of sp³-hybridized carbons (Fsp3) is 0.286. The first-order chi connectivity index (χ1) is 9.65. The molecule has 0 aliphatic heterocycles. The number of ether oxygens (including phenoxy) is 1. The molecule has 20 heavy (non-hydrogen) atoms. The van der Waals surface area contributed by atoms with Crippen LogP contribution in [-0.4, -0.2) is 16.9 Å². The fourth-order valence-corrected chi connectivity index (χ4v) is 2.01. The van der Waals surface area contributed by atoms with Crippen LogP contribution in [0.25, 0.3) is 0 Å². The molecule has 1 N–H and O–H groups in total. The molecule has 0 aliphatic carbocycles. The van der Waals surface area contributed by atoms with E-state index in [1.807, 2.05) is 31.2 Å². The molecule has 2 aromatic rings. The predicted molar refractivity (Wildman–Crippen MR) is 79.5 cm³/mol. The molecule has 0 saturated heterocycles. The quantitative estimate of drug-likeness (QED) is 0.920. The number of nitrogens with zero attached hydrogens (tertiary/aromatic N) is 2. The number of nitrogens with one attached hydrogen (secondary N) is 1. The van der Waals surface area contributed by atoms with Crippen LogP contribution >= 0.6 is 11.6 Å². The van der Waals surface area contributed by atoms with Crippen molar-refractivity contribution in [2.45, 2.75) is 20.0 Å². The number of anilines is 1. The maximum atomic E-state index is 11.8. The lowest BCUT2D eigenvalue weighted by Crippen LogP contribution is -2.23. The van der Waals surface area contributed by atoms with Gasteiger partial charge in [-0.05, 0) is 24.6 Å². The average Bonchev–Trinajstić information content (AvgIpc) is 2.49. The molecular formula is C14H16ClN3O2. The topological polar surface area (TPSA) is 56.1 Å². The summed E-state index contributed by atoms with van der Waals surface area (Å²) < 4.78 is 6.48. The van der Waals surface area contributed by atoms with Crippen molar-refractivity contribution in [3.05, 3.63) is 51.4 Å². The summed E-state index contributed by atoms with van der Waals surface area (Å²) >= 11 is 6.04. The smallest absolute Gasteiger partial charge is 0.287 e. The molecule has 0 aliphatic rings. The molecule has 0 amide bonds. The molecule has 0 bridgehead atoms. The summed E-state index contributed by atoms with van der Waals surface area (Å²) in [5, 5.41) is 7.30. The van der Waals surface area contributed by atoms with E-state index >= 15 is 0 Å². The Labute approximate surface area is 122 Å². The van der Waals surface area contributed by atoms with Crippen molar-refractivity contribution < 1.29 is 4.74 Å². The lowest BCUT2D eigenvalue weighted by atomic mass is 10.2. The number of aromatic nitrogens is 2. The summed E-state index contributed by atoms with van der Waals surface area (Å²) in [6.45, 7) is 2.87. The van der Waals surface area contributed by atoms with Crippen molar-refractivity contribution in [1.29, 1.82) is 0 Å². The van der Waals surface area contributed by atoms with Crippen LogP contribution in [-0.2, 0) is 13.1 Å². The van der Waals surface area contributed by atoms with Gasteiger partial charge in [0, 0.05) is 13.1 Å². The number of rotatable bonds is 5. The summed E-state index contributed by atoms with van der Waals surface area (Å²) in [6, 6.07) is 7.66. The van der Waals surface area contributed by atoms with Gasteiger partial charge in [0.25, 0.3) is 5.56 Å². The van der Waals surface area contributed by atoms with Gasteiger partial charge in [-0.2, -0.15) is 5.10 Å². The van der Waals surface area contributed by atoms with Crippen molar-refractivity contribution in [3.63, 3.8) is 0 Å². The Kier molecular flexibility index (Phi) is 4.63. The highest BCUT2D eigenvalue weighted by Gasteiger charge is 2.08. The van der Waals surface area contributed by atoms with Crippen molar-refractivity contribution in [2.75, 3.05) is 12.4 Å². The molecule has 106 valence electrons. The molecule has 0 atom stereocenters. The number of methoxy groups -OCH3 is 1. The lowest BCUT2D eigenvalue weighted by molar-refractivity contribution is 0.414. The van der Waals surface area contributed by atoms with Gasteiger partial charge in [0.2, 0.25) is 0 Å². The predicted octanol–water partition coefficient (Wildman–Crippen LogP) is 2.54. The number of hydrogen-bond donors (Lipinski definition) is 1. The van der Waals surface area contributed by atoms with Gasteiger partial charge < -0.3 is 10.1 Å². The largest absolute Gasteiger partial charge is 0.497 e. The van der Waals surface area contributed by atoms with E-state index in [1.165, 1.54) is 4.68 Å². The average molecular weight is 294 g/mol. The standard InChI is InChI=1S/C14H16ClN3O2/c1-3-18-14(19)13(15)12(9-17-18)16-8-10-5-4-6-11(7-10)20-2/h4-7,9,16H,3,8H2,1-2H3. The van der Waals surface area contributed by atoms with Gasteiger partial charge in [-0.1, -0.05) is 23.7 Å². The third kappa shape index (κ3) is 3.11. The van der Waals surface area contributed by atoms with E-state index < -0.39 is 0 Å². The second kappa shape index (κ2) is 6.43. The molecule has 2 rings (SSSR count). The Bertz CT molecular complexity index is 655. The van der Waals surface area contributed by atoms with Gasteiger partial charge in [0.05, 0.1) is 19.0 Å². The van der Waals surface area contributed by atoms with Crippen molar-refractivity contribution >= 4 is 17.3 Å². The van der Waals surface area contributed by atoms with Gasteiger partial charge in [-0.15, -0.1) is 0 Å². The number of halogens is 1. The lowest BCUT2D eigenvalue weighted by Gasteiger charge is -2.10. The van der Waals surface area contributed by atoms with Gasteiger partial charge in [-0.25, -0.2) is 4.68 Å². The Hall–Kier alpha value is -2.01. The van der Waals surface area contributed by atoms with E-state index in [1.54, 1.807) is 13.3 Å². The Morgan fingerprint density at radius 3 is 2.95 bits per heavy atom. The van der Waals surface area contributed by atoms with Crippen LogP contribution in [0.3, 0.4) is 0 Å². The van der Waals surface area contributed by atoms with E-state index in [2.05, 4.69) is 10.4 Å². The van der Waals surface area contributed by atoms with E-state index in [-0.39, 0.29) is 10.6 Å². The SMILES string of the molecule is CCn1ncc(NCc2cccc(OC)c2)c(Cl)c1=O. The van der Waals surface area contributed by atoms with Crippen LogP contribution in [0, 0.1) is 0 Å². The molecule has 0 saturated carbocycles. The number of aryl methyl sites for hydroxylation is 1. The molecule has 1 aromatic heterocycles. The Balaban J connectivity index is 2.15. The second-order valence-corrected chi connectivity index (χ2v) is 4.58. The molecule has 0 fully saturated rings. The first-order valence-electron chi connectivity index (χ1n) is 6.28. The van der Waals surface area contributed by atoms with Crippen molar-refractivity contribution in [3.8, 4) is 5.75 Å². The molecule has 0 unspecified atom stereocenters. The molecular weight excluding hydrogens is 278 g/mol. The Morgan fingerprint density at radius 1 is 1.45 bits per heavy atom. The van der Waals surface area contributed by atoms with Crippen LogP contribution in [0.1, 0.15) is 12.5 Å². The van der Waals surface area contributed by atoms with Crippen LogP contribution in [0.4, 0.5) is 5.69 Å². The van der Waals surface area contributed by atoms with E-state index in [4.69, 9.17) is 16.3 Å². The normalized spacial score (nSPS) is 10.3. The maximum Gasteiger partial charge on any atom is 0.287 e. The van der Waals surface area contributed by atoms with Crippen molar-refractivity contribution in [2.24, 2.45) is 0 Å². The van der Waals surface area contributed by atoms with E-state index in [0.29, 0.717) is 18.8 Å². The summed E-state index contributed by atoms with van der Waals surface area (Å²) in [4.78, 5) is 11.8. The van der Waals surface area contributed by atoms with Crippen molar-refractivity contribution in [1.82, 2.24) is 9.78 Å². The molecule has 6 heteroatoms. The fourth-order valence-electron chi connectivity index (χ4n) is 1.79. The monoisotopic (exact) mass is 293 g/mol. The summed E-state index contributed by atoms with van der Waals surface area (Å²) in [5.41, 5.74) is 1.27. The van der Waals surface area contributed by atoms with Crippen LogP contribution in [0.5, 0.6) is 5.75 Å². The molecule has 5 nitrogen and oxygen atoms in total. The highest BCUT2D eigenvalue weighted by molar-refractivity contribution is 6.32. The molecule has 0 radical (unpaired) electrons. The minimum atomic E-state index is -0.287. The van der Waals surface area contributed by atoms with Gasteiger partial charge in [0.1, 0.15) is 10.8 Å². The number of benzene rings is 1. The molecule has 1 aromatic carbocycles. The van der Waals surface area contributed by atoms with E-state index in [9.17, 15) is 4.79 Å². The van der Waals surface area contributed by atoms with Crippen LogP contribution in [0.15, 0.2) is 35.3 Å². The zero-order valence-corrected chi connectivity index (χ0v) is 12.1. The Morgan fingerprint density at radius 2 is 2.25 bits per heavy atom. The van der Waals surface area contributed by atoms with E-state index in [0.717, 1.165) is 11.3 Å². The number of hydrogen-bond acceptors (Lipinski definition) is 4. The highest BCUT2D eigenvalue weighted by atomic mass is 35.5. The van der Waals surface area contributed by atoms with Gasteiger partial charge in [-0.3, -0.25) is 4.79 Å². The molecule has 1 heterocycles. The zero-order chi connectivity index (χ0) is 14.5. The van der Waals surface area contributed by atoms with Crippen LogP contribution in [0.2, 0.25) is 5.02 Å². The maximum absolute atomic E-state index is 11.8. The zero-order valence-electron chi connectivity index (χ0n) is 11.4. The van der Waals surface area contributed by atoms with Crippen LogP contribution < -0.4 is 15.6 Å². The minimum absolute atomic E-state index is 0.157. The summed E-state index contributed by atoms with van der Waals surface area (Å²) in [7, 11) is 1.62. The van der Waals surface area contributed by atoms with Gasteiger partial charge >= 0.3 is 0 Å². The summed E-state index contributed by atoms with van der Waals surface area (Å²) in [5.74, 6) is 0.787. The third-order valence-electron chi connectivity index (χ3n) is 2.90. The molecule has 0 spiro atoms. The first-order valence-corrected chi connectivity index (χ1v) is 6.66. The first kappa shape index (κ1) is 14.4. The third-order valence-corrected chi connectivity index (χ3v) is 3.27. The minimum Gasteiger partial charge on any atom is -0.497 e.